The summed E-state index contributed by atoms with van der Waals surface area (Å²) >= 11 is 0. The summed E-state index contributed by atoms with van der Waals surface area (Å²) in [7, 11) is 0. The molecular formula is C12H12N2O2. The van der Waals surface area contributed by atoms with Crippen molar-refractivity contribution in [2.45, 2.75) is 5.92 Å². The summed E-state index contributed by atoms with van der Waals surface area (Å²) in [6, 6.07) is 7.40. The summed E-state index contributed by atoms with van der Waals surface area (Å²) < 4.78 is 0. The van der Waals surface area contributed by atoms with Gasteiger partial charge in [-0.15, -0.1) is 0 Å². The van der Waals surface area contributed by atoms with Gasteiger partial charge in [-0.05, 0) is 23.1 Å². The van der Waals surface area contributed by atoms with Crippen molar-refractivity contribution in [1.82, 2.24) is 4.98 Å². The van der Waals surface area contributed by atoms with Crippen molar-refractivity contribution in [3.05, 3.63) is 42.2 Å². The van der Waals surface area contributed by atoms with Crippen LogP contribution < -0.4 is 5.73 Å². The van der Waals surface area contributed by atoms with Crippen LogP contribution in [0, 0.1) is 0 Å². The van der Waals surface area contributed by atoms with Gasteiger partial charge in [0.1, 0.15) is 0 Å². The van der Waals surface area contributed by atoms with E-state index in [4.69, 9.17) is 10.8 Å². The number of hydrogen-bond acceptors (Lipinski definition) is 3. The molecule has 0 fully saturated rings. The molecule has 0 saturated carbocycles. The predicted octanol–water partition coefficient (Wildman–Crippen LogP) is 1.36. The van der Waals surface area contributed by atoms with Gasteiger partial charge in [0.15, 0.2) is 0 Å². The second-order valence-electron chi connectivity index (χ2n) is 3.61. The van der Waals surface area contributed by atoms with Crippen LogP contribution in [0.1, 0.15) is 11.5 Å². The molecule has 0 radical (unpaired) electrons. The van der Waals surface area contributed by atoms with Crippen LogP contribution in [0.2, 0.25) is 0 Å². The zero-order chi connectivity index (χ0) is 11.5. The van der Waals surface area contributed by atoms with E-state index in [1.807, 2.05) is 18.2 Å². The van der Waals surface area contributed by atoms with Gasteiger partial charge >= 0.3 is 5.97 Å². The van der Waals surface area contributed by atoms with Gasteiger partial charge in [0.25, 0.3) is 0 Å². The first kappa shape index (κ1) is 10.6. The molecule has 0 saturated heterocycles. The Bertz CT molecular complexity index is 525. The standard InChI is InChI=1S/C12H12N2O2/c13-6-11(12(15)16)9-2-1-8-3-4-14-7-10(8)5-9/h1-5,7,11H,6,13H2,(H,15,16). The smallest absolute Gasteiger partial charge is 0.312 e. The van der Waals surface area contributed by atoms with Gasteiger partial charge in [-0.3, -0.25) is 9.78 Å². The molecule has 1 aromatic carbocycles. The number of carboxylic acid groups (broad SMARTS) is 1. The third-order valence-corrected chi connectivity index (χ3v) is 2.60. The molecule has 0 aliphatic rings. The van der Waals surface area contributed by atoms with Crippen molar-refractivity contribution in [2.75, 3.05) is 6.54 Å². The number of nitrogens with zero attached hydrogens (tertiary/aromatic N) is 1. The molecule has 16 heavy (non-hydrogen) atoms. The molecule has 3 N–H and O–H groups in total. The summed E-state index contributed by atoms with van der Waals surface area (Å²) in [6.45, 7) is 0.0983. The molecule has 4 heteroatoms. The predicted molar refractivity (Wildman–Crippen MR) is 61.2 cm³/mol. The summed E-state index contributed by atoms with van der Waals surface area (Å²) in [6.07, 6.45) is 3.42. The van der Waals surface area contributed by atoms with Gasteiger partial charge in [0.05, 0.1) is 5.92 Å². The second kappa shape index (κ2) is 4.28. The molecule has 0 spiro atoms. The van der Waals surface area contributed by atoms with Crippen molar-refractivity contribution in [2.24, 2.45) is 5.73 Å². The number of aromatic nitrogens is 1. The number of hydrogen-bond donors (Lipinski definition) is 2. The maximum atomic E-state index is 11.0. The molecule has 4 nitrogen and oxygen atoms in total. The maximum absolute atomic E-state index is 11.0. The molecule has 0 aliphatic carbocycles. The quantitative estimate of drug-likeness (QED) is 0.812. The lowest BCUT2D eigenvalue weighted by Crippen LogP contribution is -2.20. The SMILES string of the molecule is NCC(C(=O)O)c1ccc2ccncc2c1. The molecule has 82 valence electrons. The molecule has 2 aromatic rings. The van der Waals surface area contributed by atoms with Gasteiger partial charge in [0.2, 0.25) is 0 Å². The van der Waals surface area contributed by atoms with Crippen molar-refractivity contribution >= 4 is 16.7 Å². The van der Waals surface area contributed by atoms with Gasteiger partial charge in [-0.1, -0.05) is 12.1 Å². The second-order valence-corrected chi connectivity index (χ2v) is 3.61. The number of carboxylic acids is 1. The number of rotatable bonds is 3. The summed E-state index contributed by atoms with van der Waals surface area (Å²) in [5.41, 5.74) is 6.17. The number of nitrogens with two attached hydrogens (primary N) is 1. The zero-order valence-corrected chi connectivity index (χ0v) is 8.63. The van der Waals surface area contributed by atoms with Crippen LogP contribution in [0.15, 0.2) is 36.7 Å². The average Bonchev–Trinajstić information content (AvgIpc) is 2.29. The van der Waals surface area contributed by atoms with Crippen molar-refractivity contribution < 1.29 is 9.90 Å². The summed E-state index contributed by atoms with van der Waals surface area (Å²) in [4.78, 5) is 15.0. The van der Waals surface area contributed by atoms with E-state index >= 15 is 0 Å². The Hall–Kier alpha value is -1.94. The number of benzene rings is 1. The van der Waals surface area contributed by atoms with Crippen molar-refractivity contribution in [3.8, 4) is 0 Å². The minimum atomic E-state index is -0.897. The Balaban J connectivity index is 2.49. The highest BCUT2D eigenvalue weighted by Gasteiger charge is 2.17. The first-order chi connectivity index (χ1) is 7.72. The Labute approximate surface area is 92.7 Å². The first-order valence-corrected chi connectivity index (χ1v) is 4.99. The van der Waals surface area contributed by atoms with E-state index in [9.17, 15) is 4.79 Å². The lowest BCUT2D eigenvalue weighted by Gasteiger charge is -2.10. The van der Waals surface area contributed by atoms with Crippen molar-refractivity contribution in [3.63, 3.8) is 0 Å². The normalized spacial score (nSPS) is 12.6. The number of fused-ring (bicyclic) bond motifs is 1. The lowest BCUT2D eigenvalue weighted by molar-refractivity contribution is -0.138. The topological polar surface area (TPSA) is 76.2 Å². The molecular weight excluding hydrogens is 204 g/mol. The third-order valence-electron chi connectivity index (χ3n) is 2.60. The summed E-state index contributed by atoms with van der Waals surface area (Å²) in [5.74, 6) is -1.55. The first-order valence-electron chi connectivity index (χ1n) is 4.99. The fourth-order valence-electron chi connectivity index (χ4n) is 1.70. The Morgan fingerprint density at radius 1 is 1.38 bits per heavy atom. The number of carbonyl (C=O) groups is 1. The molecule has 0 aliphatic heterocycles. The number of pyridine rings is 1. The van der Waals surface area contributed by atoms with Gasteiger partial charge in [0, 0.05) is 24.3 Å². The van der Waals surface area contributed by atoms with E-state index in [2.05, 4.69) is 4.98 Å². The molecule has 0 bridgehead atoms. The largest absolute Gasteiger partial charge is 0.481 e. The van der Waals surface area contributed by atoms with E-state index in [1.54, 1.807) is 18.5 Å². The summed E-state index contributed by atoms with van der Waals surface area (Å²) in [5, 5.41) is 11.0. The van der Waals surface area contributed by atoms with Crippen LogP contribution in [-0.2, 0) is 4.79 Å². The monoisotopic (exact) mass is 216 g/mol. The average molecular weight is 216 g/mol. The van der Waals surface area contributed by atoms with Crippen LogP contribution in [0.25, 0.3) is 10.8 Å². The molecule has 1 aromatic heterocycles. The fraction of sp³-hybridized carbons (Fsp3) is 0.167. The highest BCUT2D eigenvalue weighted by molar-refractivity contribution is 5.84. The van der Waals surface area contributed by atoms with Crippen LogP contribution in [0.5, 0.6) is 0 Å². The lowest BCUT2D eigenvalue weighted by atomic mass is 9.97. The Morgan fingerprint density at radius 2 is 2.19 bits per heavy atom. The molecule has 2 rings (SSSR count). The maximum Gasteiger partial charge on any atom is 0.312 e. The van der Waals surface area contributed by atoms with Crippen LogP contribution in [-0.4, -0.2) is 22.6 Å². The molecule has 0 amide bonds. The van der Waals surface area contributed by atoms with Crippen LogP contribution in [0.3, 0.4) is 0 Å². The minimum Gasteiger partial charge on any atom is -0.481 e. The van der Waals surface area contributed by atoms with E-state index in [0.717, 1.165) is 16.3 Å². The zero-order valence-electron chi connectivity index (χ0n) is 8.63. The fourth-order valence-corrected chi connectivity index (χ4v) is 1.70. The van der Waals surface area contributed by atoms with Gasteiger partial charge < -0.3 is 10.8 Å². The Kier molecular flexibility index (Phi) is 2.83. The van der Waals surface area contributed by atoms with E-state index < -0.39 is 11.9 Å². The van der Waals surface area contributed by atoms with Gasteiger partial charge in [-0.25, -0.2) is 0 Å². The number of aliphatic carboxylic acids is 1. The van der Waals surface area contributed by atoms with Crippen LogP contribution in [0.4, 0.5) is 0 Å². The van der Waals surface area contributed by atoms with E-state index in [-0.39, 0.29) is 6.54 Å². The van der Waals surface area contributed by atoms with Crippen LogP contribution >= 0.6 is 0 Å². The van der Waals surface area contributed by atoms with Crippen molar-refractivity contribution in [1.29, 1.82) is 0 Å². The third kappa shape index (κ3) is 1.87. The Morgan fingerprint density at radius 3 is 2.88 bits per heavy atom. The highest BCUT2D eigenvalue weighted by atomic mass is 16.4. The van der Waals surface area contributed by atoms with E-state index in [0.29, 0.717) is 0 Å². The van der Waals surface area contributed by atoms with E-state index in [1.165, 1.54) is 0 Å². The minimum absolute atomic E-state index is 0.0983. The van der Waals surface area contributed by atoms with Gasteiger partial charge in [-0.2, -0.15) is 0 Å². The highest BCUT2D eigenvalue weighted by Crippen LogP contribution is 2.20. The molecule has 1 atom stereocenters. The molecule has 1 heterocycles. The molecule has 1 unspecified atom stereocenters.